The summed E-state index contributed by atoms with van der Waals surface area (Å²) >= 11 is 0. The van der Waals surface area contributed by atoms with Crippen LogP contribution in [0.4, 0.5) is 20.2 Å². The Labute approximate surface area is 217 Å². The van der Waals surface area contributed by atoms with Gasteiger partial charge in [0.05, 0.1) is 24.0 Å². The van der Waals surface area contributed by atoms with E-state index in [2.05, 4.69) is 10.3 Å². The second-order valence-electron chi connectivity index (χ2n) is 8.91. The number of fused-ring (bicyclic) bond motifs is 2. The van der Waals surface area contributed by atoms with E-state index in [1.165, 1.54) is 6.07 Å². The maximum atomic E-state index is 14.1. The van der Waals surface area contributed by atoms with E-state index in [1.54, 1.807) is 48.8 Å². The molecule has 10 heteroatoms. The Balaban J connectivity index is 1.14. The van der Waals surface area contributed by atoms with Crippen LogP contribution in [0.25, 0.3) is 0 Å². The summed E-state index contributed by atoms with van der Waals surface area (Å²) in [5.41, 5.74) is 3.07. The van der Waals surface area contributed by atoms with Crippen molar-refractivity contribution in [3.63, 3.8) is 0 Å². The molecule has 0 radical (unpaired) electrons. The lowest BCUT2D eigenvalue weighted by atomic mass is 9.80. The molecule has 3 aromatic carbocycles. The highest BCUT2D eigenvalue weighted by Crippen LogP contribution is 2.33. The monoisotopic (exact) mass is 514 g/mol. The van der Waals surface area contributed by atoms with Crippen molar-refractivity contribution in [3.8, 4) is 11.5 Å². The van der Waals surface area contributed by atoms with Crippen molar-refractivity contribution >= 4 is 29.7 Å². The molecule has 0 spiro atoms. The van der Waals surface area contributed by atoms with E-state index in [9.17, 15) is 13.6 Å². The van der Waals surface area contributed by atoms with Crippen molar-refractivity contribution in [2.75, 3.05) is 18.5 Å². The average molecular weight is 514 g/mol. The summed E-state index contributed by atoms with van der Waals surface area (Å²) in [5.74, 6) is -0.709. The second-order valence-corrected chi connectivity index (χ2v) is 8.91. The number of rotatable bonds is 6. The molecule has 1 saturated heterocycles. The third-order valence-electron chi connectivity index (χ3n) is 6.31. The summed E-state index contributed by atoms with van der Waals surface area (Å²) in [4.78, 5) is 17.4. The highest BCUT2D eigenvalue weighted by molar-refractivity contribution is 6.61. The van der Waals surface area contributed by atoms with Gasteiger partial charge in [0.15, 0.2) is 5.78 Å². The zero-order valence-corrected chi connectivity index (χ0v) is 20.0. The first-order valence-electron chi connectivity index (χ1n) is 12.0. The predicted molar refractivity (Wildman–Crippen MR) is 136 cm³/mol. The van der Waals surface area contributed by atoms with Crippen molar-refractivity contribution in [1.82, 2.24) is 4.98 Å². The largest absolute Gasteiger partial charge is 0.494 e. The van der Waals surface area contributed by atoms with Gasteiger partial charge in [-0.2, -0.15) is 0 Å². The normalized spacial score (nSPS) is 16.3. The molecular weight excluding hydrogens is 493 g/mol. The zero-order valence-electron chi connectivity index (χ0n) is 20.0. The number of nitrogens with zero attached hydrogens (tertiary/aromatic N) is 1. The van der Waals surface area contributed by atoms with Gasteiger partial charge in [-0.05, 0) is 54.0 Å². The van der Waals surface area contributed by atoms with E-state index in [0.29, 0.717) is 34.9 Å². The first-order chi connectivity index (χ1) is 18.5. The third-order valence-corrected chi connectivity index (χ3v) is 6.31. The molecule has 1 atom stereocenters. The maximum absolute atomic E-state index is 14.1. The molecule has 1 unspecified atom stereocenters. The topological polar surface area (TPSA) is 78.9 Å². The number of nitrogens with one attached hydrogen (secondary N) is 1. The second kappa shape index (κ2) is 10.2. The number of hydrogen-bond donors (Lipinski definition) is 1. The standard InChI is InChI=1S/C28H21BF2N2O5/c30-19-2-6-26(25(31)11-19)33-20-3-5-23-27(12-20)36-14-17-1-4-21(13-24(17)28(23)34)35-15-22-16-37-29(38-22)18-7-9-32-10-8-18/h1-13,22,33H,14-16H2. The molecule has 190 valence electrons. The average Bonchev–Trinajstić information content (AvgIpc) is 3.37. The molecule has 1 fully saturated rings. The van der Waals surface area contributed by atoms with Gasteiger partial charge >= 0.3 is 7.12 Å². The predicted octanol–water partition coefficient (Wildman–Crippen LogP) is 4.42. The van der Waals surface area contributed by atoms with Crippen LogP contribution in [0.15, 0.2) is 79.1 Å². The van der Waals surface area contributed by atoms with Crippen LogP contribution >= 0.6 is 0 Å². The number of anilines is 2. The molecule has 0 amide bonds. The molecule has 4 aromatic rings. The number of benzene rings is 3. The van der Waals surface area contributed by atoms with Crippen molar-refractivity contribution in [2.45, 2.75) is 12.7 Å². The minimum atomic E-state index is -0.723. The molecule has 0 aliphatic carbocycles. The number of aromatic nitrogens is 1. The van der Waals surface area contributed by atoms with E-state index in [-0.39, 0.29) is 30.8 Å². The number of halogens is 2. The van der Waals surface area contributed by atoms with Gasteiger partial charge in [0.2, 0.25) is 0 Å². The van der Waals surface area contributed by atoms with Gasteiger partial charge in [-0.25, -0.2) is 8.78 Å². The first-order valence-corrected chi connectivity index (χ1v) is 12.0. The number of hydrogen-bond acceptors (Lipinski definition) is 7. The summed E-state index contributed by atoms with van der Waals surface area (Å²) in [5, 5.41) is 2.89. The SMILES string of the molecule is O=C1c2cc(OCC3COB(c4ccncc4)O3)ccc2COc2cc(Nc3ccc(F)cc3F)ccc21. The summed E-state index contributed by atoms with van der Waals surface area (Å²) in [6.45, 7) is 0.822. The van der Waals surface area contributed by atoms with E-state index < -0.39 is 18.8 Å². The van der Waals surface area contributed by atoms with E-state index in [1.807, 2.05) is 12.1 Å². The summed E-state index contributed by atoms with van der Waals surface area (Å²) in [7, 11) is -0.465. The van der Waals surface area contributed by atoms with Crippen LogP contribution in [0.3, 0.4) is 0 Å². The zero-order chi connectivity index (χ0) is 26.1. The number of ether oxygens (including phenoxy) is 2. The van der Waals surface area contributed by atoms with E-state index in [0.717, 1.165) is 23.2 Å². The molecule has 2 aliphatic rings. The molecule has 2 aliphatic heterocycles. The Morgan fingerprint density at radius 1 is 1.00 bits per heavy atom. The van der Waals surface area contributed by atoms with Gasteiger partial charge in [0.1, 0.15) is 36.3 Å². The minimum absolute atomic E-state index is 0.111. The van der Waals surface area contributed by atoms with Crippen LogP contribution < -0.4 is 20.3 Å². The quantitative estimate of drug-likeness (QED) is 0.382. The smallest absolute Gasteiger partial charge is 0.491 e. The maximum Gasteiger partial charge on any atom is 0.494 e. The fourth-order valence-corrected chi connectivity index (χ4v) is 4.36. The molecular formula is C28H21BF2N2O5. The molecule has 0 bridgehead atoms. The van der Waals surface area contributed by atoms with Crippen LogP contribution in [-0.4, -0.2) is 37.2 Å². The Bertz CT molecular complexity index is 1500. The van der Waals surface area contributed by atoms with Crippen molar-refractivity contribution in [3.05, 3.63) is 107 Å². The fourth-order valence-electron chi connectivity index (χ4n) is 4.36. The first kappa shape index (κ1) is 24.1. The molecule has 0 saturated carbocycles. The van der Waals surface area contributed by atoms with Crippen LogP contribution in [0.1, 0.15) is 21.5 Å². The minimum Gasteiger partial charge on any atom is -0.491 e. The van der Waals surface area contributed by atoms with Gasteiger partial charge < -0.3 is 24.1 Å². The van der Waals surface area contributed by atoms with Gasteiger partial charge in [-0.1, -0.05) is 6.07 Å². The highest BCUT2D eigenvalue weighted by Gasteiger charge is 2.33. The van der Waals surface area contributed by atoms with Crippen LogP contribution in [0.5, 0.6) is 11.5 Å². The molecule has 38 heavy (non-hydrogen) atoms. The lowest BCUT2D eigenvalue weighted by Gasteiger charge is -2.13. The number of carbonyl (C=O) groups excluding carboxylic acids is 1. The molecule has 1 aromatic heterocycles. The Morgan fingerprint density at radius 3 is 2.71 bits per heavy atom. The molecule has 6 rings (SSSR count). The number of pyridine rings is 1. The van der Waals surface area contributed by atoms with Crippen LogP contribution in [0.2, 0.25) is 0 Å². The summed E-state index contributed by atoms with van der Waals surface area (Å²) in [6.07, 6.45) is 3.11. The highest BCUT2D eigenvalue weighted by atomic mass is 19.1. The number of ketones is 1. The Hall–Kier alpha value is -4.28. The molecule has 7 nitrogen and oxygen atoms in total. The third kappa shape index (κ3) is 4.96. The Kier molecular flexibility index (Phi) is 6.49. The van der Waals surface area contributed by atoms with E-state index in [4.69, 9.17) is 18.8 Å². The fraction of sp³-hybridized carbons (Fsp3) is 0.143. The van der Waals surface area contributed by atoms with Gasteiger partial charge in [-0.15, -0.1) is 0 Å². The van der Waals surface area contributed by atoms with Gasteiger partial charge in [0, 0.05) is 41.3 Å². The van der Waals surface area contributed by atoms with Crippen molar-refractivity contribution < 1.29 is 32.4 Å². The summed E-state index contributed by atoms with van der Waals surface area (Å²) in [6, 6.07) is 17.1. The van der Waals surface area contributed by atoms with Crippen molar-refractivity contribution in [1.29, 1.82) is 0 Å². The lowest BCUT2D eigenvalue weighted by molar-refractivity contribution is 0.103. The lowest BCUT2D eigenvalue weighted by Crippen LogP contribution is -2.33. The van der Waals surface area contributed by atoms with Crippen molar-refractivity contribution in [2.24, 2.45) is 0 Å². The number of carbonyl (C=O) groups is 1. The van der Waals surface area contributed by atoms with Crippen LogP contribution in [0, 0.1) is 11.6 Å². The van der Waals surface area contributed by atoms with E-state index >= 15 is 0 Å². The Morgan fingerprint density at radius 2 is 1.87 bits per heavy atom. The molecule has 3 heterocycles. The van der Waals surface area contributed by atoms with Gasteiger partial charge in [0.25, 0.3) is 0 Å². The van der Waals surface area contributed by atoms with Gasteiger partial charge in [-0.3, -0.25) is 9.78 Å². The molecule has 1 N–H and O–H groups in total. The summed E-state index contributed by atoms with van der Waals surface area (Å²) < 4.78 is 50.8. The van der Waals surface area contributed by atoms with Crippen LogP contribution in [-0.2, 0) is 15.9 Å².